The first-order chi connectivity index (χ1) is 16.2. The van der Waals surface area contributed by atoms with Crippen molar-refractivity contribution >= 4 is 23.0 Å². The standard InChI is InChI=1S/C24H26N8O/c33-22(30-6-1-2-7-30)20-12-26-21-4-3-16(13-31(20)21)18-5-8-32-19(18)11-27-23(29-32)28-17-9-24(10-17)14-25-15-24/h3-5,8,11-13,17,25H,1-2,6-7,9-10,14-15H2,(H,28,29). The molecule has 1 aliphatic carbocycles. The van der Waals surface area contributed by atoms with Gasteiger partial charge >= 0.3 is 0 Å². The summed E-state index contributed by atoms with van der Waals surface area (Å²) in [7, 11) is 0. The van der Waals surface area contributed by atoms with Gasteiger partial charge in [0, 0.05) is 55.7 Å². The summed E-state index contributed by atoms with van der Waals surface area (Å²) in [6, 6.07) is 6.49. The number of rotatable bonds is 4. The van der Waals surface area contributed by atoms with Crippen LogP contribution in [-0.2, 0) is 0 Å². The van der Waals surface area contributed by atoms with E-state index in [9.17, 15) is 4.79 Å². The van der Waals surface area contributed by atoms with E-state index in [1.54, 1.807) is 6.20 Å². The molecule has 0 bridgehead atoms. The third-order valence-electron chi connectivity index (χ3n) is 7.54. The molecular formula is C24H26N8O. The molecule has 3 fully saturated rings. The average molecular weight is 443 g/mol. The molecule has 9 nitrogen and oxygen atoms in total. The van der Waals surface area contributed by atoms with Gasteiger partial charge in [-0.05, 0) is 49.3 Å². The second-order valence-electron chi connectivity index (χ2n) is 9.78. The Labute approximate surface area is 190 Å². The van der Waals surface area contributed by atoms with Crippen LogP contribution >= 0.6 is 0 Å². The maximum atomic E-state index is 13.0. The molecule has 1 saturated carbocycles. The maximum absolute atomic E-state index is 13.0. The second kappa shape index (κ2) is 7.02. The third-order valence-corrected chi connectivity index (χ3v) is 7.54. The van der Waals surface area contributed by atoms with Crippen LogP contribution in [0.1, 0.15) is 36.2 Å². The predicted molar refractivity (Wildman–Crippen MR) is 124 cm³/mol. The zero-order valence-electron chi connectivity index (χ0n) is 18.4. The van der Waals surface area contributed by atoms with Gasteiger partial charge < -0.3 is 15.5 Å². The summed E-state index contributed by atoms with van der Waals surface area (Å²) < 4.78 is 3.77. The summed E-state index contributed by atoms with van der Waals surface area (Å²) in [5.41, 5.74) is 4.86. The van der Waals surface area contributed by atoms with Crippen LogP contribution in [-0.4, -0.2) is 67.0 Å². The summed E-state index contributed by atoms with van der Waals surface area (Å²) in [5, 5.41) is 11.5. The highest BCUT2D eigenvalue weighted by molar-refractivity contribution is 5.93. The van der Waals surface area contributed by atoms with Gasteiger partial charge in [0.2, 0.25) is 5.95 Å². The van der Waals surface area contributed by atoms with Crippen LogP contribution < -0.4 is 10.6 Å². The molecule has 2 aliphatic heterocycles. The molecule has 6 heterocycles. The predicted octanol–water partition coefficient (Wildman–Crippen LogP) is 2.44. The monoisotopic (exact) mass is 442 g/mol. The lowest BCUT2D eigenvalue weighted by Crippen LogP contribution is -2.63. The summed E-state index contributed by atoms with van der Waals surface area (Å²) >= 11 is 0. The number of anilines is 1. The number of aromatic nitrogens is 5. The van der Waals surface area contributed by atoms with Gasteiger partial charge in [-0.25, -0.2) is 14.5 Å². The number of hydrogen-bond acceptors (Lipinski definition) is 6. The smallest absolute Gasteiger partial charge is 0.272 e. The lowest BCUT2D eigenvalue weighted by atomic mass is 9.62. The van der Waals surface area contributed by atoms with Crippen LogP contribution in [0.15, 0.2) is 43.0 Å². The number of pyridine rings is 1. The van der Waals surface area contributed by atoms with Crippen molar-refractivity contribution in [3.05, 3.63) is 48.7 Å². The molecule has 1 spiro atoms. The Hall–Kier alpha value is -3.46. The van der Waals surface area contributed by atoms with Crippen LogP contribution in [0.25, 0.3) is 22.3 Å². The Kier molecular flexibility index (Phi) is 4.05. The number of carbonyl (C=O) groups is 1. The van der Waals surface area contributed by atoms with E-state index < -0.39 is 0 Å². The summed E-state index contributed by atoms with van der Waals surface area (Å²) in [5.74, 6) is 0.716. The van der Waals surface area contributed by atoms with Crippen molar-refractivity contribution in [2.24, 2.45) is 5.41 Å². The minimum absolute atomic E-state index is 0.0494. The van der Waals surface area contributed by atoms with Crippen molar-refractivity contribution in [3.63, 3.8) is 0 Å². The molecule has 0 unspecified atom stereocenters. The molecule has 4 aromatic heterocycles. The summed E-state index contributed by atoms with van der Waals surface area (Å²) in [6.07, 6.45) is 12.0. The fourth-order valence-electron chi connectivity index (χ4n) is 5.63. The molecule has 3 aliphatic rings. The number of hydrogen-bond donors (Lipinski definition) is 2. The van der Waals surface area contributed by atoms with Crippen molar-refractivity contribution in [1.29, 1.82) is 0 Å². The molecule has 0 radical (unpaired) electrons. The number of nitrogens with one attached hydrogen (secondary N) is 2. The number of imidazole rings is 1. The van der Waals surface area contributed by atoms with E-state index in [4.69, 9.17) is 0 Å². The summed E-state index contributed by atoms with van der Waals surface area (Å²) in [6.45, 7) is 3.92. The molecule has 2 saturated heterocycles. The van der Waals surface area contributed by atoms with E-state index >= 15 is 0 Å². The Morgan fingerprint density at radius 2 is 1.94 bits per heavy atom. The first-order valence-electron chi connectivity index (χ1n) is 11.8. The van der Waals surface area contributed by atoms with E-state index in [-0.39, 0.29) is 5.91 Å². The van der Waals surface area contributed by atoms with E-state index in [0.29, 0.717) is 23.1 Å². The number of likely N-dealkylation sites (tertiary alicyclic amines) is 1. The normalized spacial score (nSPS) is 19.8. The van der Waals surface area contributed by atoms with Gasteiger partial charge in [0.1, 0.15) is 11.3 Å². The molecule has 168 valence electrons. The fraction of sp³-hybridized carbons (Fsp3) is 0.417. The van der Waals surface area contributed by atoms with Crippen molar-refractivity contribution in [1.82, 2.24) is 34.2 Å². The van der Waals surface area contributed by atoms with Gasteiger partial charge in [0.05, 0.1) is 17.9 Å². The SMILES string of the molecule is O=C(c1cnc2ccc(-c3ccn4nc(NC5CC6(CNC6)C5)ncc34)cn12)N1CCCC1. The Morgan fingerprint density at radius 1 is 1.09 bits per heavy atom. The Bertz CT molecular complexity index is 1370. The lowest BCUT2D eigenvalue weighted by Gasteiger charge is -2.54. The second-order valence-corrected chi connectivity index (χ2v) is 9.78. The molecule has 4 aromatic rings. The Morgan fingerprint density at radius 3 is 2.73 bits per heavy atom. The molecule has 0 atom stereocenters. The molecule has 0 aromatic carbocycles. The summed E-state index contributed by atoms with van der Waals surface area (Å²) in [4.78, 5) is 23.9. The lowest BCUT2D eigenvalue weighted by molar-refractivity contribution is 0.0467. The molecule has 9 heteroatoms. The Balaban J connectivity index is 1.17. The number of amides is 1. The maximum Gasteiger partial charge on any atom is 0.272 e. The number of carbonyl (C=O) groups excluding carboxylic acids is 1. The minimum Gasteiger partial charge on any atom is -0.350 e. The minimum atomic E-state index is 0.0494. The van der Waals surface area contributed by atoms with Crippen molar-refractivity contribution in [2.45, 2.75) is 31.7 Å². The number of nitrogens with zero attached hydrogens (tertiary/aromatic N) is 6. The highest BCUT2D eigenvalue weighted by atomic mass is 16.2. The quantitative estimate of drug-likeness (QED) is 0.505. The topological polar surface area (TPSA) is 91.9 Å². The van der Waals surface area contributed by atoms with Gasteiger partial charge in [0.15, 0.2) is 0 Å². The van der Waals surface area contributed by atoms with Crippen LogP contribution in [0, 0.1) is 5.41 Å². The molecule has 33 heavy (non-hydrogen) atoms. The van der Waals surface area contributed by atoms with Crippen LogP contribution in [0.4, 0.5) is 5.95 Å². The zero-order chi connectivity index (χ0) is 22.0. The van der Waals surface area contributed by atoms with Gasteiger partial charge in [-0.1, -0.05) is 0 Å². The van der Waals surface area contributed by atoms with Gasteiger partial charge in [-0.15, -0.1) is 5.10 Å². The van der Waals surface area contributed by atoms with E-state index in [2.05, 4.69) is 25.7 Å². The van der Waals surface area contributed by atoms with Crippen LogP contribution in [0.3, 0.4) is 0 Å². The van der Waals surface area contributed by atoms with Crippen molar-refractivity contribution < 1.29 is 4.79 Å². The fourth-order valence-corrected chi connectivity index (χ4v) is 5.63. The third kappa shape index (κ3) is 3.02. The zero-order valence-corrected chi connectivity index (χ0v) is 18.4. The van der Waals surface area contributed by atoms with Crippen LogP contribution in [0.2, 0.25) is 0 Å². The largest absolute Gasteiger partial charge is 0.350 e. The average Bonchev–Trinajstić information content (AvgIpc) is 3.53. The van der Waals surface area contributed by atoms with Gasteiger partial charge in [-0.3, -0.25) is 9.20 Å². The van der Waals surface area contributed by atoms with E-state index in [1.165, 1.54) is 12.8 Å². The molecular weight excluding hydrogens is 416 g/mol. The molecule has 7 rings (SSSR count). The highest BCUT2D eigenvalue weighted by Gasteiger charge is 2.48. The van der Waals surface area contributed by atoms with Gasteiger partial charge in [0.25, 0.3) is 5.91 Å². The van der Waals surface area contributed by atoms with Gasteiger partial charge in [-0.2, -0.15) is 0 Å². The van der Waals surface area contributed by atoms with Crippen molar-refractivity contribution in [2.75, 3.05) is 31.5 Å². The van der Waals surface area contributed by atoms with E-state index in [1.807, 2.05) is 50.6 Å². The molecule has 2 N–H and O–H groups in total. The highest BCUT2D eigenvalue weighted by Crippen LogP contribution is 2.45. The first kappa shape index (κ1) is 19.0. The van der Waals surface area contributed by atoms with Crippen LogP contribution in [0.5, 0.6) is 0 Å². The number of fused-ring (bicyclic) bond motifs is 2. The van der Waals surface area contributed by atoms with Crippen molar-refractivity contribution in [3.8, 4) is 11.1 Å². The van der Waals surface area contributed by atoms with E-state index in [0.717, 1.165) is 61.3 Å². The molecule has 1 amide bonds. The first-order valence-corrected chi connectivity index (χ1v) is 11.8.